The van der Waals surface area contributed by atoms with Crippen LogP contribution in [0.15, 0.2) is 61.2 Å². The van der Waals surface area contributed by atoms with Crippen molar-refractivity contribution in [3.63, 3.8) is 0 Å². The first-order valence-corrected chi connectivity index (χ1v) is 11.4. The summed E-state index contributed by atoms with van der Waals surface area (Å²) in [5.41, 5.74) is 2.44. The van der Waals surface area contributed by atoms with Gasteiger partial charge >= 0.3 is 0 Å². The molecule has 3 aromatic rings. The van der Waals surface area contributed by atoms with Crippen LogP contribution in [0.25, 0.3) is 0 Å². The lowest BCUT2D eigenvalue weighted by atomic mass is 9.92. The normalized spacial score (nSPS) is 22.4. The molecular formula is C25H28N4O3. The fourth-order valence-electron chi connectivity index (χ4n) is 4.59. The monoisotopic (exact) mass is 432 g/mol. The summed E-state index contributed by atoms with van der Waals surface area (Å²) in [7, 11) is 0. The molecule has 7 heteroatoms. The Balaban J connectivity index is 1.11. The summed E-state index contributed by atoms with van der Waals surface area (Å²) >= 11 is 0. The van der Waals surface area contributed by atoms with Crippen LogP contribution in [0.4, 0.5) is 0 Å². The van der Waals surface area contributed by atoms with Gasteiger partial charge in [0.05, 0.1) is 6.10 Å². The van der Waals surface area contributed by atoms with Crippen LogP contribution in [0.3, 0.4) is 0 Å². The van der Waals surface area contributed by atoms with Gasteiger partial charge < -0.3 is 14.8 Å². The fraction of sp³-hybridized carbons (Fsp3) is 0.400. The largest absolute Gasteiger partial charge is 0.490 e. The summed E-state index contributed by atoms with van der Waals surface area (Å²) in [5, 5.41) is 7.07. The van der Waals surface area contributed by atoms with Crippen molar-refractivity contribution in [2.24, 2.45) is 0 Å². The Hall–Kier alpha value is -3.35. The molecule has 7 nitrogen and oxygen atoms in total. The van der Waals surface area contributed by atoms with Gasteiger partial charge in [0.2, 0.25) is 5.91 Å². The van der Waals surface area contributed by atoms with E-state index in [1.807, 2.05) is 18.2 Å². The first-order chi connectivity index (χ1) is 15.7. The van der Waals surface area contributed by atoms with Gasteiger partial charge in [0.25, 0.3) is 0 Å². The number of ether oxygens (including phenoxy) is 2. The summed E-state index contributed by atoms with van der Waals surface area (Å²) in [6.07, 6.45) is 8.93. The maximum absolute atomic E-state index is 12.2. The minimum Gasteiger partial charge on any atom is -0.490 e. The predicted octanol–water partition coefficient (Wildman–Crippen LogP) is 3.85. The highest BCUT2D eigenvalue weighted by atomic mass is 16.5. The van der Waals surface area contributed by atoms with E-state index in [0.29, 0.717) is 0 Å². The molecule has 0 radical (unpaired) electrons. The lowest BCUT2D eigenvalue weighted by molar-refractivity contribution is -0.122. The van der Waals surface area contributed by atoms with Gasteiger partial charge in [-0.25, -0.2) is 9.67 Å². The molecule has 5 rings (SSSR count). The molecule has 1 aromatic heterocycles. The van der Waals surface area contributed by atoms with E-state index in [1.165, 1.54) is 22.1 Å². The molecule has 0 spiro atoms. The highest BCUT2D eigenvalue weighted by molar-refractivity contribution is 5.75. The van der Waals surface area contributed by atoms with Crippen LogP contribution in [-0.4, -0.2) is 32.8 Å². The van der Waals surface area contributed by atoms with Crippen LogP contribution >= 0.6 is 0 Å². The van der Waals surface area contributed by atoms with Gasteiger partial charge in [-0.05, 0) is 67.9 Å². The van der Waals surface area contributed by atoms with Crippen LogP contribution in [-0.2, 0) is 17.8 Å². The third-order valence-electron chi connectivity index (χ3n) is 6.26. The number of nitrogens with one attached hydrogen (secondary N) is 1. The van der Waals surface area contributed by atoms with Crippen LogP contribution in [0, 0.1) is 0 Å². The highest BCUT2D eigenvalue weighted by Gasteiger charge is 2.25. The molecule has 1 aliphatic carbocycles. The first kappa shape index (κ1) is 20.5. The molecule has 2 aliphatic rings. The van der Waals surface area contributed by atoms with Crippen molar-refractivity contribution in [1.82, 2.24) is 20.1 Å². The second-order valence-electron chi connectivity index (χ2n) is 8.58. The quantitative estimate of drug-likeness (QED) is 0.640. The number of amides is 1. The van der Waals surface area contributed by atoms with Gasteiger partial charge in [0.15, 0.2) is 0 Å². The van der Waals surface area contributed by atoms with Gasteiger partial charge in [-0.2, -0.15) is 5.10 Å². The number of carbonyl (C=O) groups is 1. The Labute approximate surface area is 187 Å². The van der Waals surface area contributed by atoms with Crippen molar-refractivity contribution < 1.29 is 14.3 Å². The van der Waals surface area contributed by atoms with E-state index < -0.39 is 0 Å². The molecule has 1 atom stereocenters. The molecule has 0 bridgehead atoms. The summed E-state index contributed by atoms with van der Waals surface area (Å²) < 4.78 is 14.1. The highest BCUT2D eigenvalue weighted by Crippen LogP contribution is 2.37. The van der Waals surface area contributed by atoms with Crippen molar-refractivity contribution in [3.05, 3.63) is 72.3 Å². The number of nitrogens with zero attached hydrogens (tertiary/aromatic N) is 3. The van der Waals surface area contributed by atoms with Gasteiger partial charge in [-0.15, -0.1) is 0 Å². The van der Waals surface area contributed by atoms with Crippen molar-refractivity contribution >= 4 is 5.91 Å². The van der Waals surface area contributed by atoms with E-state index in [0.717, 1.165) is 50.0 Å². The van der Waals surface area contributed by atoms with Crippen molar-refractivity contribution in [2.45, 2.75) is 63.3 Å². The lowest BCUT2D eigenvalue weighted by Gasteiger charge is -2.30. The molecule has 1 saturated carbocycles. The molecule has 1 amide bonds. The van der Waals surface area contributed by atoms with Gasteiger partial charge in [-0.1, -0.05) is 30.3 Å². The first-order valence-electron chi connectivity index (χ1n) is 11.4. The van der Waals surface area contributed by atoms with Crippen molar-refractivity contribution in [2.75, 3.05) is 0 Å². The number of aryl methyl sites for hydroxylation is 1. The minimum atomic E-state index is -0.0247. The van der Waals surface area contributed by atoms with E-state index in [9.17, 15) is 4.79 Å². The molecule has 2 aromatic carbocycles. The molecule has 0 saturated heterocycles. The van der Waals surface area contributed by atoms with Crippen molar-refractivity contribution in [1.29, 1.82) is 0 Å². The smallest absolute Gasteiger partial charge is 0.242 e. The number of aromatic nitrogens is 3. The van der Waals surface area contributed by atoms with Gasteiger partial charge in [-0.3, -0.25) is 4.79 Å². The van der Waals surface area contributed by atoms with Crippen LogP contribution < -0.4 is 14.8 Å². The van der Waals surface area contributed by atoms with Gasteiger partial charge in [0, 0.05) is 6.04 Å². The zero-order chi connectivity index (χ0) is 21.8. The Morgan fingerprint density at radius 2 is 1.94 bits per heavy atom. The molecular weight excluding hydrogens is 404 g/mol. The SMILES string of the molecule is O=C(Cn1cncn1)NC1CCC(Oc2ccc3c(c2)CCC(c2ccccc2)O3)CC1. The van der Waals surface area contributed by atoms with E-state index in [2.05, 4.69) is 45.7 Å². The Morgan fingerprint density at radius 1 is 1.09 bits per heavy atom. The summed E-state index contributed by atoms with van der Waals surface area (Å²) in [6, 6.07) is 16.8. The molecule has 166 valence electrons. The standard InChI is InChI=1S/C25H28N4O3/c30-25(15-29-17-26-16-27-29)28-20-7-9-21(10-8-20)31-22-11-13-24-19(14-22)6-12-23(32-24)18-4-2-1-3-5-18/h1-5,11,13-14,16-17,20-21,23H,6-10,12,15H2,(H,28,30). The van der Waals surface area contributed by atoms with Crippen LogP contribution in [0.5, 0.6) is 11.5 Å². The van der Waals surface area contributed by atoms with Crippen LogP contribution in [0.1, 0.15) is 49.3 Å². The third-order valence-corrected chi connectivity index (χ3v) is 6.26. The molecule has 1 unspecified atom stereocenters. The number of rotatable bonds is 6. The number of fused-ring (bicyclic) bond motifs is 1. The molecule has 1 fully saturated rings. The summed E-state index contributed by atoms with van der Waals surface area (Å²) in [4.78, 5) is 16.0. The van der Waals surface area contributed by atoms with E-state index in [4.69, 9.17) is 9.47 Å². The van der Waals surface area contributed by atoms with Crippen molar-refractivity contribution in [3.8, 4) is 11.5 Å². The minimum absolute atomic E-state index is 0.0247. The van der Waals surface area contributed by atoms with E-state index >= 15 is 0 Å². The Bertz CT molecular complexity index is 1030. The van der Waals surface area contributed by atoms with Gasteiger partial charge in [0.1, 0.15) is 36.8 Å². The predicted molar refractivity (Wildman–Crippen MR) is 119 cm³/mol. The fourth-order valence-corrected chi connectivity index (χ4v) is 4.59. The second-order valence-corrected chi connectivity index (χ2v) is 8.58. The average molecular weight is 433 g/mol. The number of hydrogen-bond acceptors (Lipinski definition) is 5. The second kappa shape index (κ2) is 9.42. The molecule has 1 aliphatic heterocycles. The van der Waals surface area contributed by atoms with Crippen LogP contribution in [0.2, 0.25) is 0 Å². The Morgan fingerprint density at radius 3 is 2.72 bits per heavy atom. The number of hydrogen-bond donors (Lipinski definition) is 1. The van der Waals surface area contributed by atoms with E-state index in [-0.39, 0.29) is 30.7 Å². The molecule has 32 heavy (non-hydrogen) atoms. The summed E-state index contributed by atoms with van der Waals surface area (Å²) in [6.45, 7) is 0.207. The number of benzene rings is 2. The maximum Gasteiger partial charge on any atom is 0.242 e. The lowest BCUT2D eigenvalue weighted by Crippen LogP contribution is -2.41. The number of carbonyl (C=O) groups excluding carboxylic acids is 1. The Kier molecular flexibility index (Phi) is 6.05. The maximum atomic E-state index is 12.2. The molecule has 1 N–H and O–H groups in total. The third kappa shape index (κ3) is 4.93. The zero-order valence-electron chi connectivity index (χ0n) is 18.0. The summed E-state index contributed by atoms with van der Waals surface area (Å²) in [5.74, 6) is 1.84. The topological polar surface area (TPSA) is 78.3 Å². The zero-order valence-corrected chi connectivity index (χ0v) is 18.0. The average Bonchev–Trinajstić information content (AvgIpc) is 3.33. The molecule has 2 heterocycles. The van der Waals surface area contributed by atoms with E-state index in [1.54, 1.807) is 6.33 Å².